The SMILES string of the molecule is CN1C(C2=C(C(=O)O)N3C(=O)C(C=S)(NC(=O)C(=NOC(C)(C)C(=O)O)c4csc(N)n4)[C@@H]3SC2)=NC(=N)CC1N. The Morgan fingerprint density at radius 1 is 1.39 bits per heavy atom. The first-order valence-electron chi connectivity index (χ1n) is 11.7. The number of hydrogen-bond acceptors (Lipinski definition) is 14. The number of nitrogens with zero attached hydrogens (tertiary/aromatic N) is 5. The van der Waals surface area contributed by atoms with Crippen LogP contribution in [0.15, 0.2) is 26.8 Å². The van der Waals surface area contributed by atoms with Gasteiger partial charge in [-0.15, -0.1) is 23.1 Å². The number of thiazole rings is 1. The highest BCUT2D eigenvalue weighted by Gasteiger charge is 2.65. The van der Waals surface area contributed by atoms with E-state index < -0.39 is 52.1 Å². The molecule has 4 heterocycles. The van der Waals surface area contributed by atoms with E-state index in [1.165, 1.54) is 24.1 Å². The first-order valence-corrected chi connectivity index (χ1v) is 14.1. The lowest BCUT2D eigenvalue weighted by Crippen LogP contribution is -2.81. The molecule has 3 atom stereocenters. The van der Waals surface area contributed by atoms with Crippen LogP contribution in [-0.4, -0.2) is 107 Å². The number of oxime groups is 1. The standard InChI is InChI=1S/C22H25N9O7S3/c1-21(2,19(36)37)38-29-12(9-6-41-20(25)26-9)15(32)28-22(7-39)17(35)31-13(16(33)34)8(5-40-18(22)31)14-27-10(23)4-11(24)30(14)3/h6-7,11,18,23H,4-5,24H2,1-3H3,(H2,25,26)(H,28,32)(H,33,34)(H,36,37)/t11?,18-,22?/m0/s1. The summed E-state index contributed by atoms with van der Waals surface area (Å²) in [6, 6.07) is 0. The summed E-state index contributed by atoms with van der Waals surface area (Å²) in [7, 11) is 1.61. The van der Waals surface area contributed by atoms with Crippen LogP contribution in [-0.2, 0) is 24.0 Å². The molecule has 3 aliphatic rings. The highest BCUT2D eigenvalue weighted by Crippen LogP contribution is 2.46. The molecule has 0 aliphatic carbocycles. The molecule has 0 saturated carbocycles. The van der Waals surface area contributed by atoms with E-state index >= 15 is 0 Å². The zero-order valence-electron chi connectivity index (χ0n) is 21.8. The number of aliphatic carboxylic acids is 2. The Morgan fingerprint density at radius 2 is 2.07 bits per heavy atom. The van der Waals surface area contributed by atoms with Gasteiger partial charge < -0.3 is 36.7 Å². The van der Waals surface area contributed by atoms with Gasteiger partial charge in [0.1, 0.15) is 28.4 Å². The van der Waals surface area contributed by atoms with E-state index in [4.69, 9.17) is 33.9 Å². The molecule has 0 radical (unpaired) electrons. The first-order chi connectivity index (χ1) is 19.1. The van der Waals surface area contributed by atoms with E-state index in [9.17, 15) is 29.4 Å². The third kappa shape index (κ3) is 5.16. The Bertz CT molecular complexity index is 1470. The summed E-state index contributed by atoms with van der Waals surface area (Å²) in [5, 5.41) is 35.2. The Hall–Kier alpha value is -3.94. The molecule has 16 nitrogen and oxygen atoms in total. The van der Waals surface area contributed by atoms with Gasteiger partial charge in [0, 0.05) is 35.5 Å². The van der Waals surface area contributed by atoms with Crippen molar-refractivity contribution in [3.63, 3.8) is 0 Å². The molecular weight excluding hydrogens is 598 g/mol. The number of thiocarbonyl (C=S) groups is 1. The fraction of sp³-hybridized carbons (Fsp3) is 0.409. The summed E-state index contributed by atoms with van der Waals surface area (Å²) in [6.45, 7) is 2.43. The highest BCUT2D eigenvalue weighted by molar-refractivity contribution is 8.00. The summed E-state index contributed by atoms with van der Waals surface area (Å²) in [4.78, 5) is 66.8. The van der Waals surface area contributed by atoms with E-state index in [1.807, 2.05) is 0 Å². The van der Waals surface area contributed by atoms with Crippen LogP contribution in [0.1, 0.15) is 26.0 Å². The molecule has 1 saturated heterocycles. The van der Waals surface area contributed by atoms with Gasteiger partial charge in [0.15, 0.2) is 16.4 Å². The van der Waals surface area contributed by atoms with E-state index in [0.29, 0.717) is 0 Å². The molecule has 0 spiro atoms. The first kappa shape index (κ1) is 30.0. The Balaban J connectivity index is 1.69. The molecule has 2 amide bonds. The average Bonchev–Trinajstić information content (AvgIpc) is 3.33. The van der Waals surface area contributed by atoms with Gasteiger partial charge in [0.2, 0.25) is 5.60 Å². The largest absolute Gasteiger partial charge is 0.478 e. The molecular formula is C22H25N9O7S3. The predicted octanol–water partition coefficient (Wildman–Crippen LogP) is -0.586. The number of nitrogen functional groups attached to an aromatic ring is 1. The third-order valence-corrected chi connectivity index (χ3v) is 8.82. The van der Waals surface area contributed by atoms with Crippen molar-refractivity contribution < 1.29 is 34.2 Å². The quantitative estimate of drug-likeness (QED) is 0.0872. The maximum Gasteiger partial charge on any atom is 0.353 e. The number of anilines is 1. The lowest BCUT2D eigenvalue weighted by atomic mass is 9.87. The molecule has 1 fully saturated rings. The number of carbonyl (C=O) groups excluding carboxylic acids is 2. The minimum absolute atomic E-state index is 0.0341. The number of aliphatic imine (C=N–C) groups is 1. The van der Waals surface area contributed by atoms with Crippen molar-refractivity contribution in [2.24, 2.45) is 15.9 Å². The lowest BCUT2D eigenvalue weighted by molar-refractivity contribution is -0.161. The van der Waals surface area contributed by atoms with E-state index in [0.717, 1.165) is 33.4 Å². The molecule has 0 bridgehead atoms. The number of amidine groups is 2. The van der Waals surface area contributed by atoms with Crippen LogP contribution in [0.5, 0.6) is 0 Å². The van der Waals surface area contributed by atoms with E-state index in [-0.39, 0.29) is 45.9 Å². The number of carboxylic acid groups (broad SMARTS) is 2. The number of fused-ring (bicyclic) bond motifs is 1. The molecule has 3 aliphatic heterocycles. The smallest absolute Gasteiger partial charge is 0.353 e. The number of thioether (sulfide) groups is 1. The van der Waals surface area contributed by atoms with Crippen molar-refractivity contribution in [1.29, 1.82) is 5.41 Å². The van der Waals surface area contributed by atoms with Crippen molar-refractivity contribution >= 4 is 87.0 Å². The van der Waals surface area contributed by atoms with E-state index in [1.54, 1.807) is 7.05 Å². The van der Waals surface area contributed by atoms with Crippen LogP contribution in [0.2, 0.25) is 0 Å². The van der Waals surface area contributed by atoms with Gasteiger partial charge in [-0.2, -0.15) is 0 Å². The van der Waals surface area contributed by atoms with Gasteiger partial charge in [-0.25, -0.2) is 19.6 Å². The van der Waals surface area contributed by atoms with Gasteiger partial charge in [0.05, 0.1) is 6.17 Å². The minimum atomic E-state index is -1.84. The van der Waals surface area contributed by atoms with Crippen molar-refractivity contribution in [2.75, 3.05) is 18.5 Å². The summed E-state index contributed by atoms with van der Waals surface area (Å²) in [6.07, 6.45) is -0.451. The second-order valence-corrected chi connectivity index (χ2v) is 11.8. The van der Waals surface area contributed by atoms with Crippen LogP contribution in [0.4, 0.5) is 5.13 Å². The summed E-state index contributed by atoms with van der Waals surface area (Å²) < 4.78 is 0. The van der Waals surface area contributed by atoms with Crippen LogP contribution >= 0.6 is 35.3 Å². The van der Waals surface area contributed by atoms with Crippen LogP contribution in [0, 0.1) is 5.41 Å². The number of rotatable bonds is 9. The van der Waals surface area contributed by atoms with Gasteiger partial charge >= 0.3 is 11.9 Å². The predicted molar refractivity (Wildman–Crippen MR) is 154 cm³/mol. The number of nitrogens with one attached hydrogen (secondary N) is 2. The number of amides is 2. The molecule has 19 heteroatoms. The molecule has 8 N–H and O–H groups in total. The van der Waals surface area contributed by atoms with Crippen molar-refractivity contribution in [1.82, 2.24) is 20.1 Å². The number of β-lactam (4-membered cyclic amide) rings is 1. The topological polar surface area (TPSA) is 250 Å². The van der Waals surface area contributed by atoms with E-state index in [2.05, 4.69) is 20.4 Å². The number of hydrogen-bond donors (Lipinski definition) is 6. The second-order valence-electron chi connectivity index (χ2n) is 9.59. The maximum atomic E-state index is 13.6. The normalized spacial score (nSPS) is 24.8. The Labute approximate surface area is 246 Å². The monoisotopic (exact) mass is 623 g/mol. The Kier molecular flexibility index (Phi) is 7.91. The number of carboxylic acids is 2. The number of aromatic nitrogens is 1. The molecule has 1 aromatic rings. The number of nitrogens with two attached hydrogens (primary N) is 2. The molecule has 0 aromatic carbocycles. The number of likely N-dealkylation sites (N-methyl/N-ethyl adjacent to an activating group) is 1. The van der Waals surface area contributed by atoms with Gasteiger partial charge in [-0.3, -0.25) is 19.9 Å². The second kappa shape index (κ2) is 10.8. The van der Waals surface area contributed by atoms with Crippen molar-refractivity contribution in [3.8, 4) is 0 Å². The fourth-order valence-electron chi connectivity index (χ4n) is 4.08. The van der Waals surface area contributed by atoms with Crippen LogP contribution < -0.4 is 16.8 Å². The van der Waals surface area contributed by atoms with Crippen molar-refractivity contribution in [3.05, 3.63) is 22.3 Å². The molecule has 1 aromatic heterocycles. The maximum absolute atomic E-state index is 13.6. The van der Waals surface area contributed by atoms with Crippen molar-refractivity contribution in [2.45, 2.75) is 42.9 Å². The number of carbonyl (C=O) groups is 4. The molecule has 2 unspecified atom stereocenters. The van der Waals surface area contributed by atoms with Gasteiger partial charge in [-0.05, 0) is 13.8 Å². The van der Waals surface area contributed by atoms with Crippen LogP contribution in [0.3, 0.4) is 0 Å². The Morgan fingerprint density at radius 3 is 2.63 bits per heavy atom. The summed E-state index contributed by atoms with van der Waals surface area (Å²) in [5.74, 6) is -4.45. The van der Waals surface area contributed by atoms with Crippen LogP contribution in [0.25, 0.3) is 0 Å². The zero-order chi connectivity index (χ0) is 30.4. The van der Waals surface area contributed by atoms with Gasteiger partial charge in [-0.1, -0.05) is 17.4 Å². The lowest BCUT2D eigenvalue weighted by Gasteiger charge is -2.55. The molecule has 4 rings (SSSR count). The summed E-state index contributed by atoms with van der Waals surface area (Å²) >= 11 is 7.26. The minimum Gasteiger partial charge on any atom is -0.478 e. The highest BCUT2D eigenvalue weighted by atomic mass is 32.2. The molecule has 218 valence electrons. The van der Waals surface area contributed by atoms with Gasteiger partial charge in [0.25, 0.3) is 11.8 Å². The summed E-state index contributed by atoms with van der Waals surface area (Å²) in [5.41, 5.74) is 7.40. The average molecular weight is 624 g/mol. The zero-order valence-corrected chi connectivity index (χ0v) is 24.2. The fourth-order valence-corrected chi connectivity index (χ4v) is 6.43. The third-order valence-electron chi connectivity index (χ3n) is 6.42. The molecule has 41 heavy (non-hydrogen) atoms.